The lowest BCUT2D eigenvalue weighted by Crippen LogP contribution is -2.39. The number of hydrogen-bond acceptors (Lipinski definition) is 3. The van der Waals surface area contributed by atoms with Gasteiger partial charge in [-0.2, -0.15) is 0 Å². The Hall–Kier alpha value is -0.770. The Bertz CT molecular complexity index is 386. The average molecular weight is 285 g/mol. The molecule has 0 heterocycles. The minimum absolute atomic E-state index is 0.396. The Balaban J connectivity index is 2.60. The zero-order chi connectivity index (χ0) is 14.4. The summed E-state index contributed by atoms with van der Waals surface area (Å²) in [6, 6.07) is 6.67. The second-order valence-electron chi connectivity index (χ2n) is 5.19. The first-order valence-corrected chi connectivity index (χ1v) is 7.21. The summed E-state index contributed by atoms with van der Waals surface area (Å²) < 4.78 is 5.83. The number of hydrogen-bond donors (Lipinski definition) is 1. The van der Waals surface area contributed by atoms with E-state index < -0.39 is 0 Å². The third-order valence-corrected chi connectivity index (χ3v) is 3.57. The van der Waals surface area contributed by atoms with Crippen molar-refractivity contribution < 1.29 is 4.74 Å². The molecule has 0 aromatic heterocycles. The normalized spacial score (nSPS) is 11.6. The number of halogens is 1. The molecule has 0 aliphatic rings. The molecule has 0 radical (unpaired) electrons. The van der Waals surface area contributed by atoms with Crippen LogP contribution >= 0.6 is 11.6 Å². The van der Waals surface area contributed by atoms with Gasteiger partial charge in [-0.05, 0) is 39.8 Å². The smallest absolute Gasteiger partial charge is 0.125 e. The summed E-state index contributed by atoms with van der Waals surface area (Å²) in [5, 5.41) is 0.671. The van der Waals surface area contributed by atoms with E-state index in [1.165, 1.54) is 0 Å². The number of nitrogens with two attached hydrogens (primary N) is 1. The largest absolute Gasteiger partial charge is 0.492 e. The van der Waals surface area contributed by atoms with Gasteiger partial charge in [-0.15, -0.1) is 0 Å². The zero-order valence-corrected chi connectivity index (χ0v) is 13.1. The van der Waals surface area contributed by atoms with Crippen molar-refractivity contribution in [2.24, 2.45) is 5.73 Å². The Morgan fingerprint density at radius 3 is 2.37 bits per heavy atom. The van der Waals surface area contributed by atoms with Crippen LogP contribution in [0.5, 0.6) is 5.75 Å². The van der Waals surface area contributed by atoms with Crippen molar-refractivity contribution in [3.8, 4) is 5.75 Å². The van der Waals surface area contributed by atoms with Gasteiger partial charge in [0.1, 0.15) is 12.4 Å². The molecule has 0 aliphatic heterocycles. The highest BCUT2D eigenvalue weighted by molar-refractivity contribution is 6.31. The molecule has 108 valence electrons. The molecular weight excluding hydrogens is 260 g/mol. The molecule has 0 saturated carbocycles. The molecule has 4 heteroatoms. The van der Waals surface area contributed by atoms with Crippen molar-refractivity contribution in [3.63, 3.8) is 0 Å². The molecule has 2 N–H and O–H groups in total. The van der Waals surface area contributed by atoms with Gasteiger partial charge >= 0.3 is 0 Å². The Morgan fingerprint density at radius 1 is 1.21 bits per heavy atom. The van der Waals surface area contributed by atoms with Crippen LogP contribution in [0.4, 0.5) is 0 Å². The lowest BCUT2D eigenvalue weighted by molar-refractivity contribution is 0.141. The predicted molar refractivity (Wildman–Crippen MR) is 81.8 cm³/mol. The molecule has 0 saturated heterocycles. The fourth-order valence-corrected chi connectivity index (χ4v) is 2.49. The van der Waals surface area contributed by atoms with Gasteiger partial charge in [0, 0.05) is 35.8 Å². The van der Waals surface area contributed by atoms with Gasteiger partial charge in [-0.1, -0.05) is 17.7 Å². The highest BCUT2D eigenvalue weighted by Gasteiger charge is 2.13. The van der Waals surface area contributed by atoms with E-state index in [0.29, 0.717) is 30.3 Å². The molecule has 3 nitrogen and oxygen atoms in total. The summed E-state index contributed by atoms with van der Waals surface area (Å²) in [6.07, 6.45) is 0. The van der Waals surface area contributed by atoms with Crippen LogP contribution in [0.1, 0.15) is 33.3 Å². The standard InChI is InChI=1S/C15H25ClN2O/c1-11(2)18(12(3)4)8-9-19-15-7-5-6-14(16)13(15)10-17/h5-7,11-12H,8-10,17H2,1-4H3. The van der Waals surface area contributed by atoms with E-state index in [2.05, 4.69) is 32.6 Å². The van der Waals surface area contributed by atoms with Crippen LogP contribution in [0.15, 0.2) is 18.2 Å². The van der Waals surface area contributed by atoms with Gasteiger partial charge in [0.2, 0.25) is 0 Å². The van der Waals surface area contributed by atoms with Gasteiger partial charge in [-0.3, -0.25) is 4.90 Å². The summed E-state index contributed by atoms with van der Waals surface area (Å²) in [6.45, 7) is 10.7. The topological polar surface area (TPSA) is 38.5 Å². The van der Waals surface area contributed by atoms with Crippen molar-refractivity contribution in [3.05, 3.63) is 28.8 Å². The maximum Gasteiger partial charge on any atom is 0.125 e. The Morgan fingerprint density at radius 2 is 1.84 bits per heavy atom. The first-order valence-electron chi connectivity index (χ1n) is 6.83. The van der Waals surface area contributed by atoms with E-state index in [0.717, 1.165) is 17.9 Å². The lowest BCUT2D eigenvalue weighted by Gasteiger charge is -2.30. The average Bonchev–Trinajstić information content (AvgIpc) is 2.33. The molecule has 1 aromatic carbocycles. The van der Waals surface area contributed by atoms with E-state index >= 15 is 0 Å². The van der Waals surface area contributed by atoms with Gasteiger partial charge in [-0.25, -0.2) is 0 Å². The number of benzene rings is 1. The maximum absolute atomic E-state index is 6.10. The SMILES string of the molecule is CC(C)N(CCOc1cccc(Cl)c1CN)C(C)C. The van der Waals surface area contributed by atoms with Gasteiger partial charge < -0.3 is 10.5 Å². The fourth-order valence-electron chi connectivity index (χ4n) is 2.25. The van der Waals surface area contributed by atoms with Crippen LogP contribution < -0.4 is 10.5 Å². The van der Waals surface area contributed by atoms with E-state index in [4.69, 9.17) is 22.1 Å². The molecule has 0 aliphatic carbocycles. The number of nitrogens with zero attached hydrogens (tertiary/aromatic N) is 1. The van der Waals surface area contributed by atoms with Crippen molar-refractivity contribution in [1.29, 1.82) is 0 Å². The van der Waals surface area contributed by atoms with Crippen LogP contribution in [-0.4, -0.2) is 30.1 Å². The number of rotatable bonds is 7. The van der Waals surface area contributed by atoms with E-state index in [9.17, 15) is 0 Å². The van der Waals surface area contributed by atoms with Gasteiger partial charge in [0.05, 0.1) is 0 Å². The third kappa shape index (κ3) is 4.68. The summed E-state index contributed by atoms with van der Waals surface area (Å²) in [7, 11) is 0. The van der Waals surface area contributed by atoms with Crippen molar-refractivity contribution >= 4 is 11.6 Å². The van der Waals surface area contributed by atoms with E-state index in [1.807, 2.05) is 18.2 Å². The predicted octanol–water partition coefficient (Wildman–Crippen LogP) is 3.30. The van der Waals surface area contributed by atoms with Crippen molar-refractivity contribution in [1.82, 2.24) is 4.90 Å². The first kappa shape index (κ1) is 16.3. The summed E-state index contributed by atoms with van der Waals surface area (Å²) >= 11 is 6.10. The molecule has 19 heavy (non-hydrogen) atoms. The first-order chi connectivity index (χ1) is 8.97. The van der Waals surface area contributed by atoms with E-state index in [1.54, 1.807) is 0 Å². The number of ether oxygens (including phenoxy) is 1. The molecule has 0 bridgehead atoms. The molecule has 1 aromatic rings. The molecular formula is C15H25ClN2O. The summed E-state index contributed by atoms with van der Waals surface area (Å²) in [5.74, 6) is 0.794. The highest BCUT2D eigenvalue weighted by atomic mass is 35.5. The molecule has 0 unspecified atom stereocenters. The lowest BCUT2D eigenvalue weighted by atomic mass is 10.2. The third-order valence-electron chi connectivity index (χ3n) is 3.21. The van der Waals surface area contributed by atoms with Crippen LogP contribution in [-0.2, 0) is 6.54 Å². The van der Waals surface area contributed by atoms with Crippen LogP contribution in [0.25, 0.3) is 0 Å². The van der Waals surface area contributed by atoms with Crippen molar-refractivity contribution in [2.45, 2.75) is 46.3 Å². The highest BCUT2D eigenvalue weighted by Crippen LogP contribution is 2.25. The zero-order valence-electron chi connectivity index (χ0n) is 12.3. The molecule has 1 rings (SSSR count). The van der Waals surface area contributed by atoms with Crippen LogP contribution in [0, 0.1) is 0 Å². The minimum atomic E-state index is 0.396. The Labute approximate surface area is 121 Å². The van der Waals surface area contributed by atoms with Gasteiger partial charge in [0.25, 0.3) is 0 Å². The van der Waals surface area contributed by atoms with Crippen LogP contribution in [0.3, 0.4) is 0 Å². The molecule has 0 amide bonds. The van der Waals surface area contributed by atoms with E-state index in [-0.39, 0.29) is 0 Å². The second kappa shape index (κ2) is 7.73. The maximum atomic E-state index is 6.10. The Kier molecular flexibility index (Phi) is 6.63. The quantitative estimate of drug-likeness (QED) is 0.835. The van der Waals surface area contributed by atoms with Crippen LogP contribution in [0.2, 0.25) is 5.02 Å². The fraction of sp³-hybridized carbons (Fsp3) is 0.600. The summed E-state index contributed by atoms with van der Waals surface area (Å²) in [4.78, 5) is 2.40. The molecule has 0 atom stereocenters. The van der Waals surface area contributed by atoms with Gasteiger partial charge in [0.15, 0.2) is 0 Å². The molecule has 0 fully saturated rings. The second-order valence-corrected chi connectivity index (χ2v) is 5.60. The minimum Gasteiger partial charge on any atom is -0.492 e. The molecule has 0 spiro atoms. The van der Waals surface area contributed by atoms with Crippen molar-refractivity contribution in [2.75, 3.05) is 13.2 Å². The summed E-state index contributed by atoms with van der Waals surface area (Å²) in [5.41, 5.74) is 6.58. The monoisotopic (exact) mass is 284 g/mol.